The molecule has 8 nitrogen and oxygen atoms in total. The molecule has 2 atom stereocenters. The molecule has 1 aliphatic carbocycles. The largest absolute Gasteiger partial charge is 0.384 e. The van der Waals surface area contributed by atoms with Crippen LogP contribution >= 0.6 is 22.9 Å². The molecule has 35 heavy (non-hydrogen) atoms. The number of fused-ring (bicyclic) bond motifs is 1. The van der Waals surface area contributed by atoms with Crippen LogP contribution in [0.15, 0.2) is 59.6 Å². The zero-order valence-corrected chi connectivity index (χ0v) is 21.8. The molecule has 3 aromatic heterocycles. The topological polar surface area (TPSA) is 139 Å². The van der Waals surface area contributed by atoms with E-state index in [2.05, 4.69) is 14.7 Å². The Hall–Kier alpha value is -2.57. The van der Waals surface area contributed by atoms with E-state index in [1.165, 1.54) is 17.6 Å². The number of halogens is 1. The second-order valence-electron chi connectivity index (χ2n) is 8.49. The van der Waals surface area contributed by atoms with Crippen LogP contribution in [-0.2, 0) is 19.8 Å². The van der Waals surface area contributed by atoms with Crippen molar-refractivity contribution < 1.29 is 12.6 Å². The summed E-state index contributed by atoms with van der Waals surface area (Å²) in [7, 11) is -6.49. The van der Waals surface area contributed by atoms with E-state index in [1.54, 1.807) is 30.5 Å². The standard InChI is InChI=1S/C23H22ClN5O3S3/c1-34(26,30)15-9-10-27-18(12-15)16-4-2-3-13-11-19(33-23(13)16)22(29-35(31,32)14-5-6-14)21-17(24)7-8-20(25)28-21/h2-4,7-12,14,22,26,29H,5-6H2,1H3,(H2,25,28)/t22-,34-/m1/s1. The van der Waals surface area contributed by atoms with Gasteiger partial charge >= 0.3 is 0 Å². The van der Waals surface area contributed by atoms with Gasteiger partial charge in [0.2, 0.25) is 10.0 Å². The van der Waals surface area contributed by atoms with E-state index in [-0.39, 0.29) is 5.82 Å². The van der Waals surface area contributed by atoms with Gasteiger partial charge in [-0.25, -0.2) is 27.1 Å². The van der Waals surface area contributed by atoms with Gasteiger partial charge in [0.1, 0.15) is 5.82 Å². The molecule has 0 bridgehead atoms. The minimum atomic E-state index is -3.58. The van der Waals surface area contributed by atoms with Gasteiger partial charge in [-0.15, -0.1) is 11.3 Å². The van der Waals surface area contributed by atoms with Gasteiger partial charge in [0.05, 0.1) is 42.3 Å². The van der Waals surface area contributed by atoms with Crippen LogP contribution in [0, 0.1) is 4.78 Å². The molecule has 12 heteroatoms. The molecular weight excluding hydrogens is 526 g/mol. The maximum Gasteiger partial charge on any atom is 0.215 e. The average molecular weight is 548 g/mol. The van der Waals surface area contributed by atoms with Gasteiger partial charge in [-0.05, 0) is 48.6 Å². The summed E-state index contributed by atoms with van der Waals surface area (Å²) in [5, 5.41) is 0.770. The lowest BCUT2D eigenvalue weighted by molar-refractivity contribution is 0.570. The second-order valence-corrected chi connectivity index (χ2v) is 14.1. The minimum Gasteiger partial charge on any atom is -0.384 e. The first-order valence-corrected chi connectivity index (χ1v) is 15.4. The highest BCUT2D eigenvalue weighted by Gasteiger charge is 2.38. The molecule has 1 saturated carbocycles. The second kappa shape index (κ2) is 8.82. The van der Waals surface area contributed by atoms with E-state index in [1.807, 2.05) is 24.3 Å². The van der Waals surface area contributed by atoms with Gasteiger partial charge in [-0.1, -0.05) is 29.8 Å². The van der Waals surface area contributed by atoms with Gasteiger partial charge in [-0.2, -0.15) is 0 Å². The summed E-state index contributed by atoms with van der Waals surface area (Å²) >= 11 is 7.85. The Balaban J connectivity index is 1.66. The normalized spacial score (nSPS) is 16.7. The van der Waals surface area contributed by atoms with Crippen LogP contribution < -0.4 is 10.5 Å². The van der Waals surface area contributed by atoms with Crippen molar-refractivity contribution in [3.63, 3.8) is 0 Å². The van der Waals surface area contributed by atoms with E-state index >= 15 is 0 Å². The Labute approximate surface area is 212 Å². The maximum absolute atomic E-state index is 12.9. The number of aromatic nitrogens is 2. The lowest BCUT2D eigenvalue weighted by Gasteiger charge is -2.18. The molecule has 4 N–H and O–H groups in total. The number of nitrogens with zero attached hydrogens (tertiary/aromatic N) is 2. The number of nitrogens with two attached hydrogens (primary N) is 1. The monoisotopic (exact) mass is 547 g/mol. The fourth-order valence-corrected chi connectivity index (χ4v) is 7.49. The van der Waals surface area contributed by atoms with Crippen molar-refractivity contribution >= 4 is 58.6 Å². The predicted octanol–water partition coefficient (Wildman–Crippen LogP) is 4.80. The fraction of sp³-hybridized carbons (Fsp3) is 0.217. The fourth-order valence-electron chi connectivity index (χ4n) is 3.79. The summed E-state index contributed by atoms with van der Waals surface area (Å²) in [6.07, 6.45) is 4.15. The van der Waals surface area contributed by atoms with E-state index in [0.29, 0.717) is 39.0 Å². The lowest BCUT2D eigenvalue weighted by atomic mass is 10.1. The molecule has 3 heterocycles. The Morgan fingerprint density at radius 1 is 1.17 bits per heavy atom. The molecule has 0 aliphatic heterocycles. The number of hydrogen-bond donors (Lipinski definition) is 3. The number of nitrogen functional groups attached to an aromatic ring is 1. The molecular formula is C23H22ClN5O3S3. The first kappa shape index (κ1) is 24.1. The quantitative estimate of drug-likeness (QED) is 0.303. The van der Waals surface area contributed by atoms with Gasteiger partial charge in [0, 0.05) is 27.6 Å². The molecule has 182 valence electrons. The van der Waals surface area contributed by atoms with Gasteiger partial charge in [0.15, 0.2) is 0 Å². The van der Waals surface area contributed by atoms with Gasteiger partial charge in [-0.3, -0.25) is 4.98 Å². The van der Waals surface area contributed by atoms with Crippen molar-refractivity contribution in [2.45, 2.75) is 29.0 Å². The third-order valence-corrected chi connectivity index (χ3v) is 10.4. The van der Waals surface area contributed by atoms with E-state index in [0.717, 1.165) is 15.6 Å². The van der Waals surface area contributed by atoms with Crippen LogP contribution in [0.1, 0.15) is 29.5 Å². The van der Waals surface area contributed by atoms with Crippen molar-refractivity contribution in [2.75, 3.05) is 12.0 Å². The SMILES string of the molecule is C[S@@](=N)(=O)c1ccnc(-c2cccc3cc([C@@H](NS(=O)(=O)C4CC4)c4nc(N)ccc4Cl)sc23)c1. The number of thiophene rings is 1. The molecule has 0 amide bonds. The number of benzene rings is 1. The molecule has 0 unspecified atom stereocenters. The van der Waals surface area contributed by atoms with E-state index < -0.39 is 31.0 Å². The van der Waals surface area contributed by atoms with Crippen LogP contribution in [-0.4, -0.2) is 34.1 Å². The summed E-state index contributed by atoms with van der Waals surface area (Å²) in [6, 6.07) is 13.2. The highest BCUT2D eigenvalue weighted by molar-refractivity contribution is 7.91. The minimum absolute atomic E-state index is 0.237. The van der Waals surface area contributed by atoms with Crippen LogP contribution in [0.3, 0.4) is 0 Å². The number of hydrogen-bond acceptors (Lipinski definition) is 8. The third kappa shape index (κ3) is 4.91. The molecule has 1 aliphatic rings. The smallest absolute Gasteiger partial charge is 0.215 e. The number of nitrogens with one attached hydrogen (secondary N) is 2. The summed E-state index contributed by atoms with van der Waals surface area (Å²) in [4.78, 5) is 9.89. The highest BCUT2D eigenvalue weighted by atomic mass is 35.5. The third-order valence-electron chi connectivity index (χ3n) is 5.72. The van der Waals surface area contributed by atoms with E-state index in [4.69, 9.17) is 22.1 Å². The average Bonchev–Trinajstić information content (AvgIpc) is 3.58. The Kier molecular flexibility index (Phi) is 6.09. The maximum atomic E-state index is 12.9. The van der Waals surface area contributed by atoms with Crippen molar-refractivity contribution in [2.24, 2.45) is 0 Å². The van der Waals surface area contributed by atoms with Crippen molar-refractivity contribution in [3.05, 3.63) is 70.3 Å². The highest BCUT2D eigenvalue weighted by Crippen LogP contribution is 2.41. The Morgan fingerprint density at radius 3 is 2.66 bits per heavy atom. The zero-order chi connectivity index (χ0) is 25.0. The predicted molar refractivity (Wildman–Crippen MR) is 141 cm³/mol. The molecule has 4 aromatic rings. The van der Waals surface area contributed by atoms with Crippen LogP contribution in [0.5, 0.6) is 0 Å². The summed E-state index contributed by atoms with van der Waals surface area (Å²) in [6.45, 7) is 0. The Morgan fingerprint density at radius 2 is 1.94 bits per heavy atom. The van der Waals surface area contributed by atoms with E-state index in [9.17, 15) is 12.6 Å². The zero-order valence-electron chi connectivity index (χ0n) is 18.6. The van der Waals surface area contributed by atoms with Gasteiger partial charge in [0.25, 0.3) is 0 Å². The molecule has 1 fully saturated rings. The first-order valence-electron chi connectivity index (χ1n) is 10.7. The van der Waals surface area contributed by atoms with Crippen molar-refractivity contribution in [1.29, 1.82) is 4.78 Å². The summed E-state index contributed by atoms with van der Waals surface area (Å²) < 4.78 is 49.7. The van der Waals surface area contributed by atoms with Crippen molar-refractivity contribution in [3.8, 4) is 11.3 Å². The molecule has 1 aromatic carbocycles. The lowest BCUT2D eigenvalue weighted by Crippen LogP contribution is -2.32. The van der Waals surface area contributed by atoms with Gasteiger partial charge < -0.3 is 5.73 Å². The first-order chi connectivity index (χ1) is 16.5. The molecule has 0 radical (unpaired) electrons. The van der Waals surface area contributed by atoms with Crippen LogP contribution in [0.4, 0.5) is 5.82 Å². The van der Waals surface area contributed by atoms with Crippen molar-refractivity contribution in [1.82, 2.24) is 14.7 Å². The van der Waals surface area contributed by atoms with Crippen LogP contribution in [0.2, 0.25) is 5.02 Å². The summed E-state index contributed by atoms with van der Waals surface area (Å²) in [5.41, 5.74) is 7.62. The molecule has 0 saturated heterocycles. The number of sulfonamides is 1. The molecule has 5 rings (SSSR count). The van der Waals surface area contributed by atoms with Crippen LogP contribution in [0.25, 0.3) is 21.3 Å². The summed E-state index contributed by atoms with van der Waals surface area (Å²) in [5.74, 6) is 0.237. The number of rotatable bonds is 7. The number of pyridine rings is 2. The Bertz CT molecular complexity index is 1660. The molecule has 0 spiro atoms. The number of anilines is 1.